The molecule has 0 spiro atoms. The number of ether oxygens (including phenoxy) is 1. The normalized spacial score (nSPS) is 9.22. The first-order valence-electron chi connectivity index (χ1n) is 6.51. The van der Waals surface area contributed by atoms with Crippen molar-refractivity contribution >= 4 is 25.2 Å². The van der Waals surface area contributed by atoms with E-state index in [0.717, 1.165) is 6.07 Å². The van der Waals surface area contributed by atoms with E-state index in [4.69, 9.17) is 25.2 Å². The van der Waals surface area contributed by atoms with Crippen LogP contribution < -0.4 is 15.7 Å². The predicted octanol–water partition coefficient (Wildman–Crippen LogP) is 0.276. The molecule has 0 saturated heterocycles. The standard InChI is InChI=1S/C7H7BF2O3.C6H5BF2O3.2CH4/c1-13-7-2-4(8(11)12)5(9)3-6(7)10;8-4-2-5(9)6(10)1-3(4)7(11)12;;/h2-3,11-12H,1H3;1-2,10-12H;2*1H4. The Morgan fingerprint density at radius 2 is 1.11 bits per heavy atom. The molecule has 0 saturated carbocycles. The lowest BCUT2D eigenvalue weighted by Crippen LogP contribution is -2.33. The van der Waals surface area contributed by atoms with E-state index >= 15 is 0 Å². The summed E-state index contributed by atoms with van der Waals surface area (Å²) in [5.41, 5.74) is -0.979. The molecular weight excluding hydrogens is 374 g/mol. The van der Waals surface area contributed by atoms with Crippen LogP contribution >= 0.6 is 0 Å². The number of rotatable bonds is 3. The molecule has 5 N–H and O–H groups in total. The van der Waals surface area contributed by atoms with E-state index < -0.39 is 54.2 Å². The molecule has 2 aromatic carbocycles. The lowest BCUT2D eigenvalue weighted by molar-refractivity contribution is 0.383. The van der Waals surface area contributed by atoms with Crippen molar-refractivity contribution < 1.29 is 47.5 Å². The van der Waals surface area contributed by atoms with Crippen molar-refractivity contribution in [3.05, 3.63) is 47.5 Å². The maximum atomic E-state index is 12.8. The molecule has 0 aliphatic rings. The van der Waals surface area contributed by atoms with Crippen molar-refractivity contribution in [2.45, 2.75) is 14.9 Å². The number of hydrogen-bond donors (Lipinski definition) is 5. The van der Waals surface area contributed by atoms with Gasteiger partial charge in [0.05, 0.1) is 7.11 Å². The largest absolute Gasteiger partial charge is 0.505 e. The fourth-order valence-corrected chi connectivity index (χ4v) is 1.65. The van der Waals surface area contributed by atoms with Gasteiger partial charge in [0.15, 0.2) is 23.1 Å². The topological polar surface area (TPSA) is 110 Å². The molecule has 2 rings (SSSR count). The zero-order chi connectivity index (χ0) is 19.3. The average molecular weight is 394 g/mol. The minimum atomic E-state index is -2.06. The summed E-state index contributed by atoms with van der Waals surface area (Å²) in [7, 11) is -2.84. The van der Waals surface area contributed by atoms with Crippen LogP contribution in [0.3, 0.4) is 0 Å². The number of aromatic hydroxyl groups is 1. The SMILES string of the molecule is C.C.COc1cc(B(O)O)c(F)cc1F.OB(O)c1cc(O)c(F)cc1F. The van der Waals surface area contributed by atoms with Gasteiger partial charge in [0.1, 0.15) is 11.6 Å². The molecule has 0 aliphatic carbocycles. The van der Waals surface area contributed by atoms with Crippen LogP contribution in [-0.2, 0) is 0 Å². The van der Waals surface area contributed by atoms with Gasteiger partial charge in [-0.15, -0.1) is 0 Å². The van der Waals surface area contributed by atoms with Gasteiger partial charge in [-0.2, -0.15) is 0 Å². The van der Waals surface area contributed by atoms with Gasteiger partial charge in [-0.3, -0.25) is 0 Å². The Hall–Kier alpha value is -2.27. The molecule has 0 bridgehead atoms. The minimum absolute atomic E-state index is 0. The fraction of sp³-hybridized carbons (Fsp3) is 0.200. The summed E-state index contributed by atoms with van der Waals surface area (Å²) in [5.74, 6) is -5.21. The molecule has 150 valence electrons. The summed E-state index contributed by atoms with van der Waals surface area (Å²) >= 11 is 0. The zero-order valence-electron chi connectivity index (χ0n) is 12.6. The van der Waals surface area contributed by atoms with Crippen molar-refractivity contribution in [2.24, 2.45) is 0 Å². The summed E-state index contributed by atoms with van der Waals surface area (Å²) in [5, 5.41) is 43.0. The van der Waals surface area contributed by atoms with Crippen molar-refractivity contribution in [3.63, 3.8) is 0 Å². The summed E-state index contributed by atoms with van der Waals surface area (Å²) in [6.45, 7) is 0. The van der Waals surface area contributed by atoms with Crippen molar-refractivity contribution in [3.8, 4) is 11.5 Å². The van der Waals surface area contributed by atoms with Crippen LogP contribution in [0, 0.1) is 23.3 Å². The Bertz CT molecular complexity index is 747. The van der Waals surface area contributed by atoms with Crippen LogP contribution in [0.5, 0.6) is 11.5 Å². The Labute approximate surface area is 154 Å². The molecular formula is C15H20B2F4O6. The maximum Gasteiger partial charge on any atom is 0.491 e. The lowest BCUT2D eigenvalue weighted by Gasteiger charge is -2.05. The third-order valence-corrected chi connectivity index (χ3v) is 2.89. The van der Waals surface area contributed by atoms with E-state index in [9.17, 15) is 17.6 Å². The van der Waals surface area contributed by atoms with Crippen molar-refractivity contribution in [1.82, 2.24) is 0 Å². The average Bonchev–Trinajstić information content (AvgIpc) is 2.51. The first kappa shape index (κ1) is 27.0. The summed E-state index contributed by atoms with van der Waals surface area (Å²) in [4.78, 5) is 0. The smallest absolute Gasteiger partial charge is 0.491 e. The molecule has 12 heteroatoms. The quantitative estimate of drug-likeness (QED) is 0.378. The number of halogens is 4. The number of benzene rings is 2. The Kier molecular flexibility index (Phi) is 11.4. The van der Waals surface area contributed by atoms with Crippen molar-refractivity contribution in [1.29, 1.82) is 0 Å². The molecule has 0 unspecified atom stereocenters. The van der Waals surface area contributed by atoms with Crippen LogP contribution in [0.4, 0.5) is 17.6 Å². The van der Waals surface area contributed by atoms with E-state index in [0.29, 0.717) is 18.2 Å². The molecule has 0 aromatic heterocycles. The van der Waals surface area contributed by atoms with E-state index in [1.54, 1.807) is 0 Å². The number of phenols is 1. The second kappa shape index (κ2) is 11.4. The van der Waals surface area contributed by atoms with Gasteiger partial charge < -0.3 is 29.9 Å². The Morgan fingerprint density at radius 3 is 1.52 bits per heavy atom. The van der Waals surface area contributed by atoms with Crippen LogP contribution in [0.1, 0.15) is 14.9 Å². The Balaban J connectivity index is 0. The highest BCUT2D eigenvalue weighted by Crippen LogP contribution is 2.15. The van der Waals surface area contributed by atoms with E-state index in [-0.39, 0.29) is 20.6 Å². The molecule has 0 fully saturated rings. The van der Waals surface area contributed by atoms with Gasteiger partial charge in [-0.05, 0) is 12.1 Å². The molecule has 6 nitrogen and oxygen atoms in total. The molecule has 0 amide bonds. The van der Waals surface area contributed by atoms with Gasteiger partial charge in [0.2, 0.25) is 0 Å². The lowest BCUT2D eigenvalue weighted by atomic mass is 9.80. The third kappa shape index (κ3) is 7.10. The van der Waals surface area contributed by atoms with Gasteiger partial charge in [-0.25, -0.2) is 17.6 Å². The molecule has 2 aromatic rings. The first-order valence-corrected chi connectivity index (χ1v) is 6.51. The minimum Gasteiger partial charge on any atom is -0.505 e. The zero-order valence-corrected chi connectivity index (χ0v) is 12.6. The monoisotopic (exact) mass is 394 g/mol. The van der Waals surface area contributed by atoms with Crippen LogP contribution in [0.25, 0.3) is 0 Å². The molecule has 0 aliphatic heterocycles. The highest BCUT2D eigenvalue weighted by atomic mass is 19.1. The van der Waals surface area contributed by atoms with Crippen LogP contribution in [0.2, 0.25) is 0 Å². The summed E-state index contributed by atoms with van der Waals surface area (Å²) < 4.78 is 55.1. The summed E-state index contributed by atoms with van der Waals surface area (Å²) in [6, 6.07) is 2.43. The first-order chi connectivity index (χ1) is 11.6. The second-order valence-electron chi connectivity index (χ2n) is 4.58. The molecule has 27 heavy (non-hydrogen) atoms. The summed E-state index contributed by atoms with van der Waals surface area (Å²) in [6.07, 6.45) is 0. The van der Waals surface area contributed by atoms with Crippen molar-refractivity contribution in [2.75, 3.05) is 7.11 Å². The van der Waals surface area contributed by atoms with Crippen LogP contribution in [0.15, 0.2) is 24.3 Å². The highest BCUT2D eigenvalue weighted by Gasteiger charge is 2.20. The van der Waals surface area contributed by atoms with E-state index in [1.165, 1.54) is 7.11 Å². The van der Waals surface area contributed by atoms with Gasteiger partial charge in [0, 0.05) is 23.1 Å². The van der Waals surface area contributed by atoms with Gasteiger partial charge >= 0.3 is 14.2 Å². The number of hydrogen-bond acceptors (Lipinski definition) is 6. The third-order valence-electron chi connectivity index (χ3n) is 2.89. The second-order valence-corrected chi connectivity index (χ2v) is 4.58. The molecule has 0 atom stereocenters. The molecule has 0 radical (unpaired) electrons. The number of phenolic OH excluding ortho intramolecular Hbond substituents is 1. The van der Waals surface area contributed by atoms with Gasteiger partial charge in [-0.1, -0.05) is 14.9 Å². The Morgan fingerprint density at radius 1 is 0.704 bits per heavy atom. The van der Waals surface area contributed by atoms with Crippen LogP contribution in [-0.4, -0.2) is 46.5 Å². The van der Waals surface area contributed by atoms with E-state index in [1.807, 2.05) is 0 Å². The fourth-order valence-electron chi connectivity index (χ4n) is 1.65. The highest BCUT2D eigenvalue weighted by molar-refractivity contribution is 6.59. The number of methoxy groups -OCH3 is 1. The predicted molar refractivity (Wildman–Crippen MR) is 94.0 cm³/mol. The van der Waals surface area contributed by atoms with Gasteiger partial charge in [0.25, 0.3) is 0 Å². The molecule has 0 heterocycles. The van der Waals surface area contributed by atoms with E-state index in [2.05, 4.69) is 4.74 Å². The maximum absolute atomic E-state index is 12.8.